The van der Waals surface area contributed by atoms with Crippen molar-refractivity contribution in [2.45, 2.75) is 0 Å². The van der Waals surface area contributed by atoms with Crippen LogP contribution in [0.4, 0.5) is 0 Å². The third-order valence-electron chi connectivity index (χ3n) is 2.48. The number of hydrogen-bond donors (Lipinski definition) is 1. The second-order valence-electron chi connectivity index (χ2n) is 3.77. The molecule has 0 unspecified atom stereocenters. The summed E-state index contributed by atoms with van der Waals surface area (Å²) in [5.74, 6) is -0.939. The molecule has 6 heteroatoms. The zero-order valence-electron chi connectivity index (χ0n) is 9.93. The minimum absolute atomic E-state index is 0.0452. The fourth-order valence-electron chi connectivity index (χ4n) is 1.57. The predicted molar refractivity (Wildman–Crippen MR) is 74.7 cm³/mol. The maximum atomic E-state index is 11.1. The van der Waals surface area contributed by atoms with E-state index >= 15 is 0 Å². The number of halogens is 2. The topological polar surface area (TPSA) is 70.3 Å². The summed E-state index contributed by atoms with van der Waals surface area (Å²) >= 11 is 11.7. The fourth-order valence-corrected chi connectivity index (χ4v) is 1.94. The van der Waals surface area contributed by atoms with Crippen LogP contribution in [0.15, 0.2) is 36.4 Å². The summed E-state index contributed by atoms with van der Waals surface area (Å²) < 4.78 is 5.48. The average Bonchev–Trinajstić information content (AvgIpc) is 2.38. The molecule has 0 aliphatic carbocycles. The van der Waals surface area contributed by atoms with Gasteiger partial charge in [0.15, 0.2) is 0 Å². The second kappa shape index (κ2) is 5.83. The highest BCUT2D eigenvalue weighted by Crippen LogP contribution is 2.33. The standard InChI is InChI=1S/C14H7Cl2NO3/c15-8-4-5-9(14(18)19)13(6-8)20-12-3-1-2-11(16)10(12)7-17/h1-6H,(H,18,19). The summed E-state index contributed by atoms with van der Waals surface area (Å²) in [5.41, 5.74) is 0.0729. The number of benzene rings is 2. The monoisotopic (exact) mass is 307 g/mol. The van der Waals surface area contributed by atoms with E-state index in [1.807, 2.05) is 6.07 Å². The molecule has 0 bridgehead atoms. The highest BCUT2D eigenvalue weighted by Gasteiger charge is 2.15. The van der Waals surface area contributed by atoms with E-state index in [9.17, 15) is 4.79 Å². The highest BCUT2D eigenvalue weighted by atomic mass is 35.5. The SMILES string of the molecule is N#Cc1c(Cl)cccc1Oc1cc(Cl)ccc1C(=O)O. The molecule has 0 radical (unpaired) electrons. The molecule has 0 saturated carbocycles. The van der Waals surface area contributed by atoms with E-state index in [1.54, 1.807) is 12.1 Å². The average molecular weight is 308 g/mol. The Balaban J connectivity index is 2.51. The molecule has 0 aliphatic heterocycles. The zero-order chi connectivity index (χ0) is 14.7. The summed E-state index contributed by atoms with van der Waals surface area (Å²) in [5, 5.41) is 18.7. The highest BCUT2D eigenvalue weighted by molar-refractivity contribution is 6.32. The van der Waals surface area contributed by atoms with Crippen LogP contribution in [0.2, 0.25) is 10.0 Å². The van der Waals surface area contributed by atoms with Crippen LogP contribution in [0.1, 0.15) is 15.9 Å². The molecule has 2 aromatic carbocycles. The van der Waals surface area contributed by atoms with Gasteiger partial charge in [-0.3, -0.25) is 0 Å². The largest absolute Gasteiger partial charge is 0.478 e. The number of rotatable bonds is 3. The Morgan fingerprint density at radius 3 is 2.60 bits per heavy atom. The lowest BCUT2D eigenvalue weighted by atomic mass is 10.2. The quantitative estimate of drug-likeness (QED) is 0.914. The number of hydrogen-bond acceptors (Lipinski definition) is 3. The Labute approximate surface area is 124 Å². The van der Waals surface area contributed by atoms with Crippen LogP contribution in [-0.2, 0) is 0 Å². The summed E-state index contributed by atoms with van der Waals surface area (Å²) in [7, 11) is 0. The van der Waals surface area contributed by atoms with E-state index in [0.717, 1.165) is 0 Å². The molecule has 0 amide bonds. The van der Waals surface area contributed by atoms with Crippen molar-refractivity contribution >= 4 is 29.2 Å². The fraction of sp³-hybridized carbons (Fsp3) is 0. The molecule has 0 spiro atoms. The van der Waals surface area contributed by atoms with Crippen molar-refractivity contribution in [1.82, 2.24) is 0 Å². The van der Waals surface area contributed by atoms with Gasteiger partial charge in [0.25, 0.3) is 0 Å². The van der Waals surface area contributed by atoms with Crippen molar-refractivity contribution in [2.24, 2.45) is 0 Å². The molecule has 0 atom stereocenters. The number of ether oxygens (including phenoxy) is 1. The molecule has 20 heavy (non-hydrogen) atoms. The van der Waals surface area contributed by atoms with Crippen molar-refractivity contribution in [3.63, 3.8) is 0 Å². The third kappa shape index (κ3) is 2.85. The van der Waals surface area contributed by atoms with Crippen LogP contribution < -0.4 is 4.74 Å². The number of carbonyl (C=O) groups is 1. The van der Waals surface area contributed by atoms with Crippen molar-refractivity contribution < 1.29 is 14.6 Å². The van der Waals surface area contributed by atoms with Gasteiger partial charge in [0.05, 0.1) is 5.02 Å². The van der Waals surface area contributed by atoms with Crippen molar-refractivity contribution in [3.05, 3.63) is 57.6 Å². The lowest BCUT2D eigenvalue weighted by molar-refractivity contribution is 0.0694. The molecule has 0 saturated heterocycles. The molecule has 4 nitrogen and oxygen atoms in total. The Hall–Kier alpha value is -2.22. The molecule has 100 valence electrons. The predicted octanol–water partition coefficient (Wildman–Crippen LogP) is 4.36. The second-order valence-corrected chi connectivity index (χ2v) is 4.62. The van der Waals surface area contributed by atoms with Crippen LogP contribution in [0, 0.1) is 11.3 Å². The van der Waals surface area contributed by atoms with Crippen molar-refractivity contribution in [2.75, 3.05) is 0 Å². The van der Waals surface area contributed by atoms with E-state index in [0.29, 0.717) is 5.02 Å². The van der Waals surface area contributed by atoms with Gasteiger partial charge in [0, 0.05) is 11.1 Å². The van der Waals surface area contributed by atoms with Crippen LogP contribution in [-0.4, -0.2) is 11.1 Å². The van der Waals surface area contributed by atoms with Gasteiger partial charge in [0.2, 0.25) is 0 Å². The summed E-state index contributed by atoms with van der Waals surface area (Å²) in [6, 6.07) is 10.7. The summed E-state index contributed by atoms with van der Waals surface area (Å²) in [6.07, 6.45) is 0. The molecule has 0 aromatic heterocycles. The van der Waals surface area contributed by atoms with E-state index in [1.165, 1.54) is 24.3 Å². The van der Waals surface area contributed by atoms with Crippen LogP contribution >= 0.6 is 23.2 Å². The van der Waals surface area contributed by atoms with Gasteiger partial charge in [-0.1, -0.05) is 29.3 Å². The Bertz CT molecular complexity index is 723. The van der Waals surface area contributed by atoms with Gasteiger partial charge in [-0.25, -0.2) is 4.79 Å². The molecule has 0 aliphatic rings. The Morgan fingerprint density at radius 1 is 1.20 bits per heavy atom. The van der Waals surface area contributed by atoms with Crippen LogP contribution in [0.25, 0.3) is 0 Å². The van der Waals surface area contributed by atoms with Gasteiger partial charge in [0.1, 0.15) is 28.7 Å². The molecular weight excluding hydrogens is 301 g/mol. The zero-order valence-corrected chi connectivity index (χ0v) is 11.4. The molecule has 2 rings (SSSR count). The maximum Gasteiger partial charge on any atom is 0.339 e. The smallest absolute Gasteiger partial charge is 0.339 e. The number of aromatic carboxylic acids is 1. The van der Waals surface area contributed by atoms with Gasteiger partial charge in [-0.2, -0.15) is 5.26 Å². The summed E-state index contributed by atoms with van der Waals surface area (Å²) in [6.45, 7) is 0. The number of carboxylic acid groups (broad SMARTS) is 1. The lowest BCUT2D eigenvalue weighted by Gasteiger charge is -2.11. The first-order chi connectivity index (χ1) is 9.52. The van der Waals surface area contributed by atoms with Gasteiger partial charge < -0.3 is 9.84 Å². The molecule has 1 N–H and O–H groups in total. The number of nitriles is 1. The van der Waals surface area contributed by atoms with Crippen molar-refractivity contribution in [1.29, 1.82) is 5.26 Å². The third-order valence-corrected chi connectivity index (χ3v) is 3.03. The maximum absolute atomic E-state index is 11.1. The molecule has 0 fully saturated rings. The van der Waals surface area contributed by atoms with E-state index in [4.69, 9.17) is 38.3 Å². The first-order valence-electron chi connectivity index (χ1n) is 5.42. The Morgan fingerprint density at radius 2 is 1.95 bits per heavy atom. The van der Waals surface area contributed by atoms with Crippen LogP contribution in [0.5, 0.6) is 11.5 Å². The first-order valence-corrected chi connectivity index (χ1v) is 6.18. The van der Waals surface area contributed by atoms with Gasteiger partial charge in [-0.05, 0) is 24.3 Å². The number of carboxylic acids is 1. The van der Waals surface area contributed by atoms with E-state index in [-0.39, 0.29) is 27.6 Å². The minimum Gasteiger partial charge on any atom is -0.478 e. The summed E-state index contributed by atoms with van der Waals surface area (Å²) in [4.78, 5) is 11.1. The lowest BCUT2D eigenvalue weighted by Crippen LogP contribution is -2.00. The van der Waals surface area contributed by atoms with Gasteiger partial charge >= 0.3 is 5.97 Å². The first kappa shape index (κ1) is 14.2. The van der Waals surface area contributed by atoms with Gasteiger partial charge in [-0.15, -0.1) is 0 Å². The molecular formula is C14H7Cl2NO3. The van der Waals surface area contributed by atoms with E-state index in [2.05, 4.69) is 0 Å². The number of nitrogens with zero attached hydrogens (tertiary/aromatic N) is 1. The molecule has 0 heterocycles. The normalized spacial score (nSPS) is 9.85. The van der Waals surface area contributed by atoms with E-state index < -0.39 is 5.97 Å². The van der Waals surface area contributed by atoms with Crippen molar-refractivity contribution in [3.8, 4) is 17.6 Å². The Kier molecular flexibility index (Phi) is 4.14. The molecule has 2 aromatic rings. The minimum atomic E-state index is -1.16. The van der Waals surface area contributed by atoms with Crippen LogP contribution in [0.3, 0.4) is 0 Å².